The third kappa shape index (κ3) is 5.87. The van der Waals surface area contributed by atoms with Crippen LogP contribution in [0.3, 0.4) is 0 Å². The van der Waals surface area contributed by atoms with Crippen molar-refractivity contribution < 1.29 is 23.9 Å². The van der Waals surface area contributed by atoms with Crippen LogP contribution in [0.4, 0.5) is 10.7 Å². The number of urea groups is 1. The fourth-order valence-corrected chi connectivity index (χ4v) is 2.57. The van der Waals surface area contributed by atoms with Gasteiger partial charge in [-0.3, -0.25) is 9.84 Å². The van der Waals surface area contributed by atoms with Crippen molar-refractivity contribution in [2.45, 2.75) is 45.7 Å². The Balaban J connectivity index is 1.92. The molecule has 8 nitrogen and oxygen atoms in total. The predicted molar refractivity (Wildman–Crippen MR) is 94.6 cm³/mol. The number of amides is 2. The van der Waals surface area contributed by atoms with E-state index in [-0.39, 0.29) is 17.8 Å². The van der Waals surface area contributed by atoms with Crippen LogP contribution in [0.25, 0.3) is 0 Å². The molecule has 2 amide bonds. The summed E-state index contributed by atoms with van der Waals surface area (Å²) in [5.74, 6) is -0.781. The summed E-state index contributed by atoms with van der Waals surface area (Å²) >= 11 is 0. The lowest BCUT2D eigenvalue weighted by Crippen LogP contribution is -2.44. The number of carbonyl (C=O) groups is 2. The molecule has 0 bridgehead atoms. The summed E-state index contributed by atoms with van der Waals surface area (Å²) in [4.78, 5) is 23.2. The first kappa shape index (κ1) is 19.4. The normalized spacial score (nSPS) is 13.2. The summed E-state index contributed by atoms with van der Waals surface area (Å²) in [5.41, 5.74) is 1.17. The number of aliphatic carboxylic acids is 1. The topological polar surface area (TPSA) is 108 Å². The van der Waals surface area contributed by atoms with E-state index in [1.54, 1.807) is 10.9 Å². The molecule has 1 aromatic carbocycles. The highest BCUT2D eigenvalue weighted by molar-refractivity contribution is 5.90. The Kier molecular flexibility index (Phi) is 6.71. The van der Waals surface area contributed by atoms with E-state index in [9.17, 15) is 14.7 Å². The van der Waals surface area contributed by atoms with Crippen LogP contribution in [0.15, 0.2) is 41.1 Å². The average Bonchev–Trinajstić information content (AvgIpc) is 3.03. The van der Waals surface area contributed by atoms with E-state index >= 15 is 0 Å². The van der Waals surface area contributed by atoms with Gasteiger partial charge in [0.15, 0.2) is 6.04 Å². The van der Waals surface area contributed by atoms with Crippen molar-refractivity contribution in [1.29, 1.82) is 0 Å². The first-order valence-electron chi connectivity index (χ1n) is 8.57. The second-order valence-electron chi connectivity index (χ2n) is 6.70. The van der Waals surface area contributed by atoms with Gasteiger partial charge in [0.1, 0.15) is 6.04 Å². The van der Waals surface area contributed by atoms with Crippen LogP contribution in [-0.4, -0.2) is 28.4 Å². The third-order valence-electron chi connectivity index (χ3n) is 3.86. The quantitative estimate of drug-likeness (QED) is 0.626. The van der Waals surface area contributed by atoms with Gasteiger partial charge in [-0.1, -0.05) is 44.2 Å². The van der Waals surface area contributed by atoms with Crippen molar-refractivity contribution in [3.05, 3.63) is 42.1 Å². The van der Waals surface area contributed by atoms with Gasteiger partial charge in [0, 0.05) is 13.3 Å². The SMILES string of the molecule is CC(C)CC(NC(=O)Nc1c[n+](C(C)Cc2ccccc2)no1)C(=O)O. The van der Waals surface area contributed by atoms with Crippen LogP contribution in [0.2, 0.25) is 0 Å². The van der Waals surface area contributed by atoms with Gasteiger partial charge < -0.3 is 10.4 Å². The van der Waals surface area contributed by atoms with Crippen LogP contribution in [-0.2, 0) is 11.2 Å². The summed E-state index contributed by atoms with van der Waals surface area (Å²) in [6.07, 6.45) is 2.68. The predicted octanol–water partition coefficient (Wildman–Crippen LogP) is 2.39. The van der Waals surface area contributed by atoms with Crippen LogP contribution >= 0.6 is 0 Å². The Morgan fingerprint density at radius 2 is 1.92 bits per heavy atom. The minimum Gasteiger partial charge on any atom is -0.480 e. The van der Waals surface area contributed by atoms with Crippen molar-refractivity contribution in [3.8, 4) is 0 Å². The molecule has 1 aromatic heterocycles. The van der Waals surface area contributed by atoms with Crippen LogP contribution < -0.4 is 15.3 Å². The molecule has 0 fully saturated rings. The van der Waals surface area contributed by atoms with Gasteiger partial charge in [-0.25, -0.2) is 9.59 Å². The van der Waals surface area contributed by atoms with E-state index in [2.05, 4.69) is 15.9 Å². The number of hydrogen-bond donors (Lipinski definition) is 3. The number of rotatable bonds is 8. The average molecular weight is 361 g/mol. The number of benzene rings is 1. The fraction of sp³-hybridized carbons (Fsp3) is 0.444. The van der Waals surface area contributed by atoms with E-state index in [0.717, 1.165) is 6.42 Å². The molecular weight excluding hydrogens is 336 g/mol. The van der Waals surface area contributed by atoms with Crippen molar-refractivity contribution >= 4 is 17.9 Å². The fourth-order valence-electron chi connectivity index (χ4n) is 2.57. The molecule has 0 aliphatic heterocycles. The number of aromatic nitrogens is 2. The second-order valence-corrected chi connectivity index (χ2v) is 6.70. The van der Waals surface area contributed by atoms with E-state index in [0.29, 0.717) is 6.42 Å². The first-order valence-corrected chi connectivity index (χ1v) is 8.57. The lowest BCUT2D eigenvalue weighted by atomic mass is 10.0. The van der Waals surface area contributed by atoms with Gasteiger partial charge in [0.2, 0.25) is 5.27 Å². The highest BCUT2D eigenvalue weighted by Crippen LogP contribution is 2.10. The van der Waals surface area contributed by atoms with Gasteiger partial charge in [-0.05, 0) is 22.6 Å². The Labute approximate surface area is 152 Å². The highest BCUT2D eigenvalue weighted by atomic mass is 16.5. The summed E-state index contributed by atoms with van der Waals surface area (Å²) in [5, 5.41) is 18.0. The summed E-state index contributed by atoms with van der Waals surface area (Å²) in [7, 11) is 0. The van der Waals surface area contributed by atoms with Crippen LogP contribution in [0.5, 0.6) is 0 Å². The largest absolute Gasteiger partial charge is 0.480 e. The van der Waals surface area contributed by atoms with Crippen molar-refractivity contribution in [2.75, 3.05) is 5.32 Å². The van der Waals surface area contributed by atoms with Crippen molar-refractivity contribution in [3.63, 3.8) is 0 Å². The molecule has 0 aliphatic rings. The highest BCUT2D eigenvalue weighted by Gasteiger charge is 2.24. The lowest BCUT2D eigenvalue weighted by Gasteiger charge is -2.15. The number of hydrogen-bond acceptors (Lipinski definition) is 4. The summed E-state index contributed by atoms with van der Waals surface area (Å²) in [6.45, 7) is 5.77. The zero-order valence-electron chi connectivity index (χ0n) is 15.2. The number of nitrogens with zero attached hydrogens (tertiary/aromatic N) is 2. The number of nitrogens with one attached hydrogen (secondary N) is 2. The van der Waals surface area contributed by atoms with Gasteiger partial charge in [-0.2, -0.15) is 0 Å². The zero-order chi connectivity index (χ0) is 19.1. The van der Waals surface area contributed by atoms with Crippen molar-refractivity contribution in [2.24, 2.45) is 5.92 Å². The maximum atomic E-state index is 12.0. The molecule has 0 saturated heterocycles. The molecule has 2 rings (SSSR count). The monoisotopic (exact) mass is 361 g/mol. The minimum absolute atomic E-state index is 0.0347. The van der Waals surface area contributed by atoms with Crippen LogP contribution in [0, 0.1) is 5.92 Å². The van der Waals surface area contributed by atoms with E-state index in [4.69, 9.17) is 4.52 Å². The Morgan fingerprint density at radius 3 is 2.54 bits per heavy atom. The molecule has 3 N–H and O–H groups in total. The smallest absolute Gasteiger partial charge is 0.326 e. The molecule has 2 aromatic rings. The van der Waals surface area contributed by atoms with Gasteiger partial charge >= 0.3 is 17.9 Å². The molecule has 140 valence electrons. The summed E-state index contributed by atoms with van der Waals surface area (Å²) in [6, 6.07) is 8.41. The van der Waals surface area contributed by atoms with Crippen molar-refractivity contribution in [1.82, 2.24) is 10.6 Å². The molecule has 0 aliphatic carbocycles. The maximum Gasteiger partial charge on any atom is 0.326 e. The molecule has 0 saturated carbocycles. The Bertz CT molecular complexity index is 730. The molecule has 1 heterocycles. The molecule has 2 unspecified atom stereocenters. The molecule has 26 heavy (non-hydrogen) atoms. The Hall–Kier alpha value is -2.90. The van der Waals surface area contributed by atoms with Gasteiger partial charge in [0.25, 0.3) is 6.20 Å². The van der Waals surface area contributed by atoms with E-state index in [1.807, 2.05) is 51.1 Å². The van der Waals surface area contributed by atoms with E-state index < -0.39 is 18.0 Å². The summed E-state index contributed by atoms with van der Waals surface area (Å²) < 4.78 is 6.73. The maximum absolute atomic E-state index is 12.0. The number of anilines is 1. The third-order valence-corrected chi connectivity index (χ3v) is 3.86. The molecule has 2 atom stereocenters. The number of carboxylic acid groups (broad SMARTS) is 1. The van der Waals surface area contributed by atoms with Gasteiger partial charge in [-0.15, -0.1) is 0 Å². The van der Waals surface area contributed by atoms with Gasteiger partial charge in [0.05, 0.1) is 0 Å². The molecular formula is C18H25N4O4+. The van der Waals surface area contributed by atoms with Crippen LogP contribution in [0.1, 0.15) is 38.8 Å². The number of carboxylic acids is 1. The lowest BCUT2D eigenvalue weighted by molar-refractivity contribution is -0.782. The minimum atomic E-state index is -1.07. The second kappa shape index (κ2) is 8.98. The number of carbonyl (C=O) groups excluding carboxylic acids is 1. The molecule has 0 spiro atoms. The molecule has 0 radical (unpaired) electrons. The first-order chi connectivity index (χ1) is 12.3. The molecule has 8 heteroatoms. The Morgan fingerprint density at radius 1 is 1.23 bits per heavy atom. The standard InChI is InChI=1S/C18H24N4O4/c1-12(2)9-15(17(23)24)19-18(25)20-16-11-22(21-26-16)13(3)10-14-7-5-4-6-8-14/h4-8,11-13,15H,9-10H2,1-3H3,(H2-,19,20,21,23,24,25)/p+1. The zero-order valence-corrected chi connectivity index (χ0v) is 15.2. The van der Waals surface area contributed by atoms with E-state index in [1.165, 1.54) is 5.56 Å².